The first-order valence-corrected chi connectivity index (χ1v) is 7.94. The Bertz CT molecular complexity index is 577. The second-order valence-corrected chi connectivity index (χ2v) is 6.85. The summed E-state index contributed by atoms with van der Waals surface area (Å²) in [5, 5.41) is 3.43. The highest BCUT2D eigenvalue weighted by Gasteiger charge is 2.27. The quantitative estimate of drug-likeness (QED) is 0.859. The van der Waals surface area contributed by atoms with Crippen LogP contribution in [0.4, 0.5) is 0 Å². The van der Waals surface area contributed by atoms with Crippen molar-refractivity contribution in [3.05, 3.63) is 28.8 Å². The topological polar surface area (TPSA) is 63.2 Å². The summed E-state index contributed by atoms with van der Waals surface area (Å²) in [6.07, 6.45) is 2.74. The van der Waals surface area contributed by atoms with E-state index in [0.717, 1.165) is 25.6 Å². The molecule has 1 atom stereocenters. The Hall–Kier alpha value is -0.910. The van der Waals surface area contributed by atoms with E-state index in [2.05, 4.69) is 5.32 Å². The Kier molecular flexibility index (Phi) is 3.75. The summed E-state index contributed by atoms with van der Waals surface area (Å²) in [7, 11) is -3.43. The van der Waals surface area contributed by atoms with Crippen LogP contribution in [-0.4, -0.2) is 33.0 Å². The highest BCUT2D eigenvalue weighted by Crippen LogP contribution is 2.23. The molecule has 1 aliphatic rings. The van der Waals surface area contributed by atoms with Gasteiger partial charge in [-0.2, -0.15) is 0 Å². The lowest BCUT2D eigenvalue weighted by atomic mass is 10.0. The molecule has 2 rings (SSSR count). The van der Waals surface area contributed by atoms with E-state index in [1.165, 1.54) is 18.2 Å². The lowest BCUT2D eigenvalue weighted by Crippen LogP contribution is -2.31. The molecule has 0 amide bonds. The summed E-state index contributed by atoms with van der Waals surface area (Å²) in [6.45, 7) is 0.783. The summed E-state index contributed by atoms with van der Waals surface area (Å²) >= 11 is 5.85. The van der Waals surface area contributed by atoms with Gasteiger partial charge >= 0.3 is 0 Å². The minimum absolute atomic E-state index is 0.0469. The van der Waals surface area contributed by atoms with Gasteiger partial charge in [0, 0.05) is 16.8 Å². The Morgan fingerprint density at radius 3 is 2.72 bits per heavy atom. The standard InChI is InChI=1S/C12H14ClNO3S/c1-18(16,17)11-5-4-8(13)7-9(11)12(15)10-3-2-6-14-10/h4-5,7,10,14H,2-3,6H2,1H3. The van der Waals surface area contributed by atoms with Crippen LogP contribution in [0.3, 0.4) is 0 Å². The molecule has 0 aromatic heterocycles. The van der Waals surface area contributed by atoms with Crippen LogP contribution in [0.15, 0.2) is 23.1 Å². The van der Waals surface area contributed by atoms with Crippen molar-refractivity contribution in [2.24, 2.45) is 0 Å². The third-order valence-electron chi connectivity index (χ3n) is 2.98. The third kappa shape index (κ3) is 2.74. The number of hydrogen-bond donors (Lipinski definition) is 1. The van der Waals surface area contributed by atoms with E-state index >= 15 is 0 Å². The number of halogens is 1. The van der Waals surface area contributed by atoms with Gasteiger partial charge in [0.05, 0.1) is 10.9 Å². The summed E-state index contributed by atoms with van der Waals surface area (Å²) in [5.41, 5.74) is 0.185. The number of rotatable bonds is 3. The van der Waals surface area contributed by atoms with Gasteiger partial charge in [0.2, 0.25) is 0 Å². The minimum Gasteiger partial charge on any atom is -0.307 e. The molecule has 1 saturated heterocycles. The lowest BCUT2D eigenvalue weighted by molar-refractivity contribution is 0.0949. The van der Waals surface area contributed by atoms with Crippen LogP contribution in [0.1, 0.15) is 23.2 Å². The van der Waals surface area contributed by atoms with Gasteiger partial charge in [0.25, 0.3) is 0 Å². The Labute approximate surface area is 111 Å². The predicted molar refractivity (Wildman–Crippen MR) is 69.9 cm³/mol. The van der Waals surface area contributed by atoms with Crippen LogP contribution < -0.4 is 5.32 Å². The molecule has 1 N–H and O–H groups in total. The van der Waals surface area contributed by atoms with Crippen LogP contribution >= 0.6 is 11.6 Å². The van der Waals surface area contributed by atoms with Gasteiger partial charge in [-0.05, 0) is 37.6 Å². The van der Waals surface area contributed by atoms with Gasteiger partial charge in [-0.15, -0.1) is 0 Å². The third-order valence-corrected chi connectivity index (χ3v) is 4.37. The molecule has 1 heterocycles. The Balaban J connectivity index is 2.48. The van der Waals surface area contributed by atoms with Gasteiger partial charge in [-0.1, -0.05) is 11.6 Å². The molecule has 0 saturated carbocycles. The largest absolute Gasteiger partial charge is 0.307 e. The van der Waals surface area contributed by atoms with Gasteiger partial charge in [-0.3, -0.25) is 4.79 Å². The first-order chi connectivity index (χ1) is 8.39. The van der Waals surface area contributed by atoms with Crippen molar-refractivity contribution in [3.8, 4) is 0 Å². The molecule has 4 nitrogen and oxygen atoms in total. The number of sulfone groups is 1. The van der Waals surface area contributed by atoms with Crippen molar-refractivity contribution in [1.82, 2.24) is 5.32 Å². The second-order valence-electron chi connectivity index (χ2n) is 4.43. The van der Waals surface area contributed by atoms with Crippen molar-refractivity contribution >= 4 is 27.2 Å². The molecule has 0 bridgehead atoms. The second kappa shape index (κ2) is 4.99. The van der Waals surface area contributed by atoms with Crippen LogP contribution in [0.2, 0.25) is 5.02 Å². The van der Waals surface area contributed by atoms with Crippen molar-refractivity contribution in [2.45, 2.75) is 23.8 Å². The fourth-order valence-electron chi connectivity index (χ4n) is 2.11. The molecule has 1 aliphatic heterocycles. The number of hydrogen-bond acceptors (Lipinski definition) is 4. The number of carbonyl (C=O) groups excluding carboxylic acids is 1. The zero-order valence-electron chi connectivity index (χ0n) is 9.94. The van der Waals surface area contributed by atoms with Gasteiger partial charge in [0.15, 0.2) is 15.6 Å². The summed E-state index contributed by atoms with van der Waals surface area (Å²) < 4.78 is 23.3. The van der Waals surface area contributed by atoms with Crippen LogP contribution in [0.5, 0.6) is 0 Å². The zero-order valence-corrected chi connectivity index (χ0v) is 11.5. The highest BCUT2D eigenvalue weighted by molar-refractivity contribution is 7.90. The summed E-state index contributed by atoms with van der Waals surface area (Å²) in [4.78, 5) is 12.3. The molecule has 98 valence electrons. The fourth-order valence-corrected chi connectivity index (χ4v) is 3.16. The van der Waals surface area contributed by atoms with Crippen LogP contribution in [0, 0.1) is 0 Å². The number of ketones is 1. The zero-order chi connectivity index (χ0) is 13.3. The molecule has 1 fully saturated rings. The average molecular weight is 288 g/mol. The molecule has 0 aliphatic carbocycles. The monoisotopic (exact) mass is 287 g/mol. The summed E-state index contributed by atoms with van der Waals surface area (Å²) in [5.74, 6) is -0.199. The maximum absolute atomic E-state index is 12.3. The van der Waals surface area contributed by atoms with Crippen molar-refractivity contribution in [2.75, 3.05) is 12.8 Å². The molecule has 1 aromatic carbocycles. The van der Waals surface area contributed by atoms with E-state index in [0.29, 0.717) is 5.02 Å². The first-order valence-electron chi connectivity index (χ1n) is 5.67. The van der Waals surface area contributed by atoms with E-state index in [4.69, 9.17) is 11.6 Å². The predicted octanol–water partition coefficient (Wildman–Crippen LogP) is 1.68. The Morgan fingerprint density at radius 2 is 2.17 bits per heavy atom. The smallest absolute Gasteiger partial charge is 0.181 e. The molecule has 1 unspecified atom stereocenters. The van der Waals surface area contributed by atoms with E-state index in [1.807, 2.05) is 0 Å². The number of Topliss-reactive ketones (excluding diaryl/α,β-unsaturated/α-hetero) is 1. The molecule has 0 spiro atoms. The van der Waals surface area contributed by atoms with Gasteiger partial charge in [0.1, 0.15) is 0 Å². The van der Waals surface area contributed by atoms with Gasteiger partial charge in [-0.25, -0.2) is 8.42 Å². The van der Waals surface area contributed by atoms with Crippen molar-refractivity contribution < 1.29 is 13.2 Å². The fraction of sp³-hybridized carbons (Fsp3) is 0.417. The molecule has 1 aromatic rings. The Morgan fingerprint density at radius 1 is 1.44 bits per heavy atom. The van der Waals surface area contributed by atoms with E-state index < -0.39 is 9.84 Å². The maximum atomic E-state index is 12.3. The molecule has 6 heteroatoms. The summed E-state index contributed by atoms with van der Waals surface area (Å²) in [6, 6.07) is 4.00. The van der Waals surface area contributed by atoms with E-state index in [-0.39, 0.29) is 22.3 Å². The number of nitrogens with one attached hydrogen (secondary N) is 1. The molecule has 18 heavy (non-hydrogen) atoms. The van der Waals surface area contributed by atoms with Crippen molar-refractivity contribution in [3.63, 3.8) is 0 Å². The van der Waals surface area contributed by atoms with E-state index in [1.54, 1.807) is 0 Å². The molecule has 0 radical (unpaired) electrons. The molecular formula is C12H14ClNO3S. The van der Waals surface area contributed by atoms with E-state index in [9.17, 15) is 13.2 Å². The normalized spacial score (nSPS) is 20.0. The number of benzene rings is 1. The lowest BCUT2D eigenvalue weighted by Gasteiger charge is -2.12. The number of carbonyl (C=O) groups is 1. The van der Waals surface area contributed by atoms with Gasteiger partial charge < -0.3 is 5.32 Å². The first kappa shape index (κ1) is 13.5. The van der Waals surface area contributed by atoms with Crippen LogP contribution in [-0.2, 0) is 9.84 Å². The average Bonchev–Trinajstić information content (AvgIpc) is 2.79. The molecular weight excluding hydrogens is 274 g/mol. The maximum Gasteiger partial charge on any atom is 0.181 e. The van der Waals surface area contributed by atoms with Crippen LogP contribution in [0.25, 0.3) is 0 Å². The highest BCUT2D eigenvalue weighted by atomic mass is 35.5. The SMILES string of the molecule is CS(=O)(=O)c1ccc(Cl)cc1C(=O)C1CCCN1. The van der Waals surface area contributed by atoms with Crippen molar-refractivity contribution in [1.29, 1.82) is 0 Å². The minimum atomic E-state index is -3.43.